The second-order valence-corrected chi connectivity index (χ2v) is 8.02. The molecule has 0 aromatic heterocycles. The Bertz CT molecular complexity index is 1350. The first-order valence-electron chi connectivity index (χ1n) is 11.7. The molecule has 0 radical (unpaired) electrons. The van der Waals surface area contributed by atoms with Gasteiger partial charge in [0.05, 0.1) is 12.0 Å². The van der Waals surface area contributed by atoms with Gasteiger partial charge in [0.2, 0.25) is 5.36 Å². The van der Waals surface area contributed by atoms with Crippen LogP contribution in [0.2, 0.25) is 0 Å². The second-order valence-electron chi connectivity index (χ2n) is 8.02. The molecule has 5 nitrogen and oxygen atoms in total. The van der Waals surface area contributed by atoms with Gasteiger partial charge >= 0.3 is 68.9 Å². The van der Waals surface area contributed by atoms with Crippen LogP contribution in [0.15, 0.2) is 65.1 Å². The van der Waals surface area contributed by atoms with Crippen LogP contribution in [0.5, 0.6) is 0 Å². The Morgan fingerprint density at radius 1 is 0.912 bits per heavy atom. The van der Waals surface area contributed by atoms with Crippen molar-refractivity contribution in [3.05, 3.63) is 71.6 Å². The van der Waals surface area contributed by atoms with E-state index in [0.29, 0.717) is 5.56 Å². The van der Waals surface area contributed by atoms with Crippen LogP contribution in [-0.4, -0.2) is 32.1 Å². The average molecular weight is 575 g/mol. The molecule has 6 heteroatoms. The van der Waals surface area contributed by atoms with Crippen molar-refractivity contribution in [2.75, 3.05) is 31.1 Å². The summed E-state index contributed by atoms with van der Waals surface area (Å²) in [7, 11) is 0. The maximum atomic E-state index is 12.0. The fourth-order valence-corrected chi connectivity index (χ4v) is 4.61. The minimum atomic E-state index is -1.19. The van der Waals surface area contributed by atoms with Crippen molar-refractivity contribution >= 4 is 22.6 Å². The van der Waals surface area contributed by atoms with E-state index < -0.39 is 5.97 Å². The third-order valence-electron chi connectivity index (χ3n) is 6.36. The third-order valence-corrected chi connectivity index (χ3v) is 6.36. The number of carbonyl (C=O) groups excluding carboxylic acids is 1. The summed E-state index contributed by atoms with van der Waals surface area (Å²) < 4.78 is 8.72. The van der Waals surface area contributed by atoms with Gasteiger partial charge in [-0.2, -0.15) is 0 Å². The molecule has 2 aromatic carbocycles. The molecule has 170 valence electrons. The van der Waals surface area contributed by atoms with E-state index >= 15 is 0 Å². The number of nitrogens with zero attached hydrogens (tertiary/aromatic N) is 2. The van der Waals surface area contributed by atoms with Gasteiger partial charge in [0.15, 0.2) is 0 Å². The van der Waals surface area contributed by atoms with Gasteiger partial charge in [0.25, 0.3) is 0 Å². The van der Waals surface area contributed by atoms with Crippen molar-refractivity contribution in [3.63, 3.8) is 0 Å². The Kier molecular flexibility index (Phi) is 9.49. The molecule has 0 atom stereocenters. The number of aromatic carboxylic acids is 1. The molecule has 0 amide bonds. The monoisotopic (exact) mass is 575 g/mol. The molecule has 0 fully saturated rings. The molecule has 0 saturated carbocycles. The van der Waals surface area contributed by atoms with Crippen LogP contribution in [-0.2, 0) is 0 Å². The van der Waals surface area contributed by atoms with Crippen LogP contribution in [0.4, 0.5) is 5.69 Å². The summed E-state index contributed by atoms with van der Waals surface area (Å²) in [5.41, 5.74) is 4.34. The molecular formula is C28H30CsN2O3+. The topological polar surface area (TPSA) is 59.5 Å². The quantitative estimate of drug-likeness (QED) is 0.246. The molecule has 0 bridgehead atoms. The fraction of sp³-hybridized carbons (Fsp3) is 0.286. The standard InChI is InChI=1S/C28H30N2O3.Cs/c1-5-29(6-2)19-13-15-23-25(17-19)33-26-18-20(30(7-3)8-4)14-16-24(26)27(23)21-11-9-10-12-22(21)28(31)32;/h9-18H,5-8H2,1-4H3;/q;+1. The van der Waals surface area contributed by atoms with Gasteiger partial charge in [-0.05, 0) is 51.5 Å². The number of hydrogen-bond acceptors (Lipinski definition) is 4. The SMILES string of the molecule is CCN(CC)c1ccc2c(-c3ccccc3C(=O)[O-])c3ccc(=[N+](CC)CC)cc-3oc2c1.[Cs+]. The fourth-order valence-electron chi connectivity index (χ4n) is 4.61. The first-order chi connectivity index (χ1) is 16.0. The van der Waals surface area contributed by atoms with E-state index in [1.165, 1.54) is 0 Å². The van der Waals surface area contributed by atoms with E-state index in [9.17, 15) is 9.90 Å². The van der Waals surface area contributed by atoms with Crippen LogP contribution < -0.4 is 88.8 Å². The molecule has 2 aliphatic rings. The first kappa shape index (κ1) is 27.0. The Morgan fingerprint density at radius 2 is 1.62 bits per heavy atom. The predicted molar refractivity (Wildman–Crippen MR) is 133 cm³/mol. The minimum absolute atomic E-state index is 0. The molecule has 1 aliphatic heterocycles. The average Bonchev–Trinajstić information content (AvgIpc) is 2.84. The number of rotatable bonds is 7. The van der Waals surface area contributed by atoms with Gasteiger partial charge < -0.3 is 19.2 Å². The zero-order valence-electron chi connectivity index (χ0n) is 20.7. The first-order valence-corrected chi connectivity index (χ1v) is 11.7. The molecule has 0 unspecified atom stereocenters. The minimum Gasteiger partial charge on any atom is -0.545 e. The summed E-state index contributed by atoms with van der Waals surface area (Å²) in [4.78, 5) is 14.2. The number of carboxylic acids is 1. The van der Waals surface area contributed by atoms with Gasteiger partial charge in [-0.25, -0.2) is 4.58 Å². The third kappa shape index (κ3) is 5.17. The molecule has 0 saturated heterocycles. The molecular weight excluding hydrogens is 545 g/mol. The van der Waals surface area contributed by atoms with Crippen molar-refractivity contribution < 1.29 is 83.2 Å². The number of carboxylic acid groups (broad SMARTS) is 1. The predicted octanol–water partition coefficient (Wildman–Crippen LogP) is 1.23. The number of carbonyl (C=O) groups is 1. The van der Waals surface area contributed by atoms with Gasteiger partial charge in [0, 0.05) is 53.0 Å². The number of benzene rings is 3. The van der Waals surface area contributed by atoms with Crippen LogP contribution in [0.1, 0.15) is 38.1 Å². The zero-order valence-corrected chi connectivity index (χ0v) is 27.0. The number of hydrogen-bond donors (Lipinski definition) is 0. The van der Waals surface area contributed by atoms with Crippen molar-refractivity contribution in [2.45, 2.75) is 27.7 Å². The van der Waals surface area contributed by atoms with E-state index in [4.69, 9.17) is 4.42 Å². The van der Waals surface area contributed by atoms with Gasteiger partial charge in [0.1, 0.15) is 24.4 Å². The van der Waals surface area contributed by atoms with Crippen molar-refractivity contribution in [1.82, 2.24) is 4.58 Å². The Balaban J connectivity index is 0.00000324. The van der Waals surface area contributed by atoms with E-state index in [2.05, 4.69) is 61.4 Å². The van der Waals surface area contributed by atoms with Crippen molar-refractivity contribution in [1.29, 1.82) is 0 Å². The molecule has 4 rings (SSSR count). The number of fused-ring (bicyclic) bond motifs is 2. The van der Waals surface area contributed by atoms with E-state index in [1.54, 1.807) is 12.1 Å². The summed E-state index contributed by atoms with van der Waals surface area (Å²) >= 11 is 0. The van der Waals surface area contributed by atoms with Gasteiger partial charge in [-0.3, -0.25) is 0 Å². The molecule has 2 aromatic rings. The second kappa shape index (κ2) is 11.9. The Hall–Kier alpha value is -1.55. The maximum absolute atomic E-state index is 12.0. The normalized spacial score (nSPS) is 10.8. The van der Waals surface area contributed by atoms with E-state index in [1.807, 2.05) is 24.3 Å². The van der Waals surface area contributed by atoms with Crippen LogP contribution in [0.25, 0.3) is 33.4 Å². The van der Waals surface area contributed by atoms with Crippen LogP contribution in [0, 0.1) is 0 Å². The molecule has 0 spiro atoms. The zero-order chi connectivity index (χ0) is 23.5. The van der Waals surface area contributed by atoms with Crippen LogP contribution >= 0.6 is 0 Å². The van der Waals surface area contributed by atoms with Crippen molar-refractivity contribution in [3.8, 4) is 22.5 Å². The van der Waals surface area contributed by atoms with E-state index in [0.717, 1.165) is 65.1 Å². The number of anilines is 1. The van der Waals surface area contributed by atoms with Crippen LogP contribution in [0.3, 0.4) is 0 Å². The molecule has 1 heterocycles. The van der Waals surface area contributed by atoms with Gasteiger partial charge in [-0.1, -0.05) is 24.3 Å². The summed E-state index contributed by atoms with van der Waals surface area (Å²) in [5, 5.41) is 13.9. The molecule has 1 aliphatic carbocycles. The van der Waals surface area contributed by atoms with Gasteiger partial charge in [-0.15, -0.1) is 0 Å². The molecule has 0 N–H and O–H groups in total. The Morgan fingerprint density at radius 3 is 2.26 bits per heavy atom. The Labute approximate surface area is 259 Å². The molecule has 34 heavy (non-hydrogen) atoms. The smallest absolute Gasteiger partial charge is 0.545 e. The largest absolute Gasteiger partial charge is 1.00 e. The van der Waals surface area contributed by atoms with Crippen molar-refractivity contribution in [2.24, 2.45) is 0 Å². The maximum Gasteiger partial charge on any atom is 1.00 e. The summed E-state index contributed by atoms with van der Waals surface area (Å²) in [6.07, 6.45) is 0. The summed E-state index contributed by atoms with van der Waals surface area (Å²) in [6, 6.07) is 19.3. The summed E-state index contributed by atoms with van der Waals surface area (Å²) in [6.45, 7) is 12.1. The summed E-state index contributed by atoms with van der Waals surface area (Å²) in [5.74, 6) is -0.459. The van der Waals surface area contributed by atoms with E-state index in [-0.39, 0.29) is 74.5 Å².